The van der Waals surface area contributed by atoms with Gasteiger partial charge in [0.05, 0.1) is 12.4 Å². The van der Waals surface area contributed by atoms with Crippen molar-refractivity contribution in [2.45, 2.75) is 0 Å². The molecule has 2 rings (SSSR count). The normalized spacial score (nSPS) is 10.5. The van der Waals surface area contributed by atoms with Crippen molar-refractivity contribution in [2.75, 3.05) is 0 Å². The van der Waals surface area contributed by atoms with E-state index in [0.717, 1.165) is 5.65 Å². The zero-order chi connectivity index (χ0) is 6.97. The van der Waals surface area contributed by atoms with E-state index in [1.165, 1.54) is 0 Å². The van der Waals surface area contributed by atoms with E-state index in [1.807, 2.05) is 0 Å². The number of aromatic nitrogens is 3. The zero-order valence-electron chi connectivity index (χ0n) is 5.03. The van der Waals surface area contributed by atoms with Gasteiger partial charge >= 0.3 is 0 Å². The van der Waals surface area contributed by atoms with E-state index in [1.54, 1.807) is 29.2 Å². The number of nitrogens with zero attached hydrogens (tertiary/aromatic N) is 3. The summed E-state index contributed by atoms with van der Waals surface area (Å²) in [5.41, 5.74) is 0.771. The van der Waals surface area contributed by atoms with Gasteiger partial charge < -0.3 is 0 Å². The van der Waals surface area contributed by atoms with Crippen molar-refractivity contribution in [2.24, 2.45) is 0 Å². The minimum atomic E-state index is 0.609. The molecule has 0 spiro atoms. The summed E-state index contributed by atoms with van der Waals surface area (Å²) in [7, 11) is 0. The maximum absolute atomic E-state index is 5.75. The van der Waals surface area contributed by atoms with Gasteiger partial charge in [-0.15, -0.1) is 0 Å². The maximum atomic E-state index is 5.75. The highest BCUT2D eigenvalue weighted by Crippen LogP contribution is 2.08. The first-order chi connectivity index (χ1) is 4.88. The first kappa shape index (κ1) is 5.68. The van der Waals surface area contributed by atoms with E-state index >= 15 is 0 Å². The Labute approximate surface area is 62.3 Å². The molecule has 2 aromatic rings. The van der Waals surface area contributed by atoms with E-state index in [0.29, 0.717) is 5.15 Å². The fourth-order valence-corrected chi connectivity index (χ4v) is 1.00. The Hall–Kier alpha value is -1.09. The molecule has 2 heterocycles. The van der Waals surface area contributed by atoms with E-state index in [9.17, 15) is 0 Å². The molecule has 10 heavy (non-hydrogen) atoms. The van der Waals surface area contributed by atoms with Crippen LogP contribution in [0.2, 0.25) is 5.15 Å². The Morgan fingerprint density at radius 2 is 2.30 bits per heavy atom. The summed E-state index contributed by atoms with van der Waals surface area (Å²) in [6.07, 6.45) is 6.69. The lowest BCUT2D eigenvalue weighted by Gasteiger charge is -1.89. The summed E-state index contributed by atoms with van der Waals surface area (Å²) in [4.78, 5) is 7.87. The average molecular weight is 154 g/mol. The molecule has 0 aliphatic heterocycles. The smallest absolute Gasteiger partial charge is 0.156 e. The van der Waals surface area contributed by atoms with E-state index in [4.69, 9.17) is 11.6 Å². The molecule has 50 valence electrons. The first-order valence-electron chi connectivity index (χ1n) is 2.80. The molecule has 0 aliphatic carbocycles. The summed E-state index contributed by atoms with van der Waals surface area (Å²) >= 11 is 5.75. The minimum absolute atomic E-state index is 0.609. The molecule has 0 bridgehead atoms. The van der Waals surface area contributed by atoms with Crippen LogP contribution in [0.5, 0.6) is 0 Å². The fraction of sp³-hybridized carbons (Fsp3) is 0. The molecule has 0 atom stereocenters. The highest BCUT2D eigenvalue weighted by Gasteiger charge is 1.96. The quantitative estimate of drug-likeness (QED) is 0.573. The number of halogens is 1. The lowest BCUT2D eigenvalue weighted by Crippen LogP contribution is -1.83. The third-order valence-electron chi connectivity index (χ3n) is 1.27. The summed E-state index contributed by atoms with van der Waals surface area (Å²) in [5, 5.41) is 0.609. The summed E-state index contributed by atoms with van der Waals surface area (Å²) in [6.45, 7) is 0. The summed E-state index contributed by atoms with van der Waals surface area (Å²) in [6, 6.07) is 0. The second-order valence-electron chi connectivity index (χ2n) is 1.89. The van der Waals surface area contributed by atoms with Crippen LogP contribution in [0.4, 0.5) is 0 Å². The lowest BCUT2D eigenvalue weighted by atomic mass is 10.7. The molecule has 3 nitrogen and oxygen atoms in total. The molecule has 0 aliphatic rings. The van der Waals surface area contributed by atoms with Gasteiger partial charge in [0, 0.05) is 12.4 Å². The largest absolute Gasteiger partial charge is 0.288 e. The Morgan fingerprint density at radius 3 is 3.10 bits per heavy atom. The molecule has 4 heteroatoms. The molecule has 0 fully saturated rings. The Balaban J connectivity index is 2.93. The van der Waals surface area contributed by atoms with Gasteiger partial charge in [0.15, 0.2) is 5.65 Å². The Bertz CT molecular complexity index is 355. The Morgan fingerprint density at radius 1 is 1.40 bits per heavy atom. The van der Waals surface area contributed by atoms with Crippen LogP contribution in [-0.2, 0) is 0 Å². The van der Waals surface area contributed by atoms with Crippen molar-refractivity contribution in [3.8, 4) is 0 Å². The maximum Gasteiger partial charge on any atom is 0.156 e. The predicted molar refractivity (Wildman–Crippen MR) is 38.0 cm³/mol. The van der Waals surface area contributed by atoms with E-state index < -0.39 is 0 Å². The fourth-order valence-electron chi connectivity index (χ4n) is 0.811. The average Bonchev–Trinajstić information content (AvgIpc) is 2.34. The van der Waals surface area contributed by atoms with Gasteiger partial charge in [-0.3, -0.25) is 9.38 Å². The molecule has 0 saturated heterocycles. The molecular weight excluding hydrogens is 150 g/mol. The number of imidazole rings is 1. The van der Waals surface area contributed by atoms with E-state index in [-0.39, 0.29) is 0 Å². The lowest BCUT2D eigenvalue weighted by molar-refractivity contribution is 1.13. The molecule has 0 N–H and O–H groups in total. The molecule has 0 aromatic carbocycles. The number of fused-ring (bicyclic) bond motifs is 1. The number of hydrogen-bond donors (Lipinski definition) is 0. The SMILES string of the molecule is Clc1cnc2cnccn12. The molecular formula is C6H4ClN3. The van der Waals surface area contributed by atoms with Gasteiger partial charge in [0.25, 0.3) is 0 Å². The summed E-state index contributed by atoms with van der Waals surface area (Å²) < 4.78 is 1.76. The van der Waals surface area contributed by atoms with Gasteiger partial charge in [-0.25, -0.2) is 4.98 Å². The van der Waals surface area contributed by atoms with Crippen molar-refractivity contribution in [1.82, 2.24) is 14.4 Å². The highest BCUT2D eigenvalue weighted by molar-refractivity contribution is 6.29. The molecule has 2 aromatic heterocycles. The standard InChI is InChI=1S/C6H4ClN3/c7-5-3-9-6-4-8-1-2-10(5)6/h1-4H. The molecule has 0 saturated carbocycles. The van der Waals surface area contributed by atoms with Crippen molar-refractivity contribution in [1.29, 1.82) is 0 Å². The molecule has 0 unspecified atom stereocenters. The van der Waals surface area contributed by atoms with E-state index in [2.05, 4.69) is 9.97 Å². The highest BCUT2D eigenvalue weighted by atomic mass is 35.5. The van der Waals surface area contributed by atoms with Crippen LogP contribution in [-0.4, -0.2) is 14.4 Å². The third-order valence-corrected chi connectivity index (χ3v) is 1.55. The van der Waals surface area contributed by atoms with Crippen LogP contribution in [0, 0.1) is 0 Å². The topological polar surface area (TPSA) is 30.2 Å². The van der Waals surface area contributed by atoms with Crippen molar-refractivity contribution in [3.05, 3.63) is 29.9 Å². The van der Waals surface area contributed by atoms with Crippen LogP contribution in [0.3, 0.4) is 0 Å². The van der Waals surface area contributed by atoms with Crippen LogP contribution in [0.1, 0.15) is 0 Å². The monoisotopic (exact) mass is 153 g/mol. The van der Waals surface area contributed by atoms with Gasteiger partial charge in [-0.2, -0.15) is 0 Å². The van der Waals surface area contributed by atoms with Gasteiger partial charge in [-0.05, 0) is 0 Å². The number of hydrogen-bond acceptors (Lipinski definition) is 2. The molecule has 0 amide bonds. The van der Waals surface area contributed by atoms with Crippen molar-refractivity contribution < 1.29 is 0 Å². The van der Waals surface area contributed by atoms with Crippen molar-refractivity contribution >= 4 is 17.2 Å². The first-order valence-corrected chi connectivity index (χ1v) is 3.18. The second kappa shape index (κ2) is 1.95. The summed E-state index contributed by atoms with van der Waals surface area (Å²) in [5.74, 6) is 0. The van der Waals surface area contributed by atoms with Gasteiger partial charge in [-0.1, -0.05) is 11.6 Å². The van der Waals surface area contributed by atoms with Crippen LogP contribution >= 0.6 is 11.6 Å². The van der Waals surface area contributed by atoms with Crippen molar-refractivity contribution in [3.63, 3.8) is 0 Å². The second-order valence-corrected chi connectivity index (χ2v) is 2.27. The molecule has 0 radical (unpaired) electrons. The van der Waals surface area contributed by atoms with Crippen LogP contribution in [0.25, 0.3) is 5.65 Å². The number of rotatable bonds is 0. The Kier molecular flexibility index (Phi) is 1.11. The van der Waals surface area contributed by atoms with Gasteiger partial charge in [0.2, 0.25) is 0 Å². The minimum Gasteiger partial charge on any atom is -0.288 e. The van der Waals surface area contributed by atoms with Gasteiger partial charge in [0.1, 0.15) is 5.15 Å². The van der Waals surface area contributed by atoms with Crippen LogP contribution < -0.4 is 0 Å². The third kappa shape index (κ3) is 0.675. The zero-order valence-corrected chi connectivity index (χ0v) is 5.78. The predicted octanol–water partition coefficient (Wildman–Crippen LogP) is 1.38. The van der Waals surface area contributed by atoms with Crippen LogP contribution in [0.15, 0.2) is 24.8 Å².